The first-order chi connectivity index (χ1) is 15.0. The Morgan fingerprint density at radius 3 is 2.13 bits per heavy atom. The van der Waals surface area contributed by atoms with Gasteiger partial charge in [0.25, 0.3) is 5.91 Å². The number of hydrogen-bond acceptors (Lipinski definition) is 3. The van der Waals surface area contributed by atoms with Crippen molar-refractivity contribution in [3.63, 3.8) is 0 Å². The summed E-state index contributed by atoms with van der Waals surface area (Å²) >= 11 is 7.68. The first kappa shape index (κ1) is 21.2. The standard InChI is InChI=1S/C26H23ClN2OS/c1-17-18(2)31-26(29-25(30)20-11-7-4-8-12-20)23(17)24(19-9-5-3-6-10-19)28-22-15-13-21(27)14-16-22/h3-16,24,28H,1-2H3,(H,29,30)/t24-/m0/s1. The van der Waals surface area contributed by atoms with E-state index in [4.69, 9.17) is 11.6 Å². The van der Waals surface area contributed by atoms with Crippen LogP contribution in [0.2, 0.25) is 5.02 Å². The van der Waals surface area contributed by atoms with Crippen LogP contribution in [-0.4, -0.2) is 5.91 Å². The first-order valence-electron chi connectivity index (χ1n) is 10.1. The molecule has 2 N–H and O–H groups in total. The van der Waals surface area contributed by atoms with E-state index in [1.165, 1.54) is 10.4 Å². The zero-order valence-corrected chi connectivity index (χ0v) is 18.9. The fourth-order valence-electron chi connectivity index (χ4n) is 3.53. The fraction of sp³-hybridized carbons (Fsp3) is 0.115. The highest BCUT2D eigenvalue weighted by Gasteiger charge is 2.24. The lowest BCUT2D eigenvalue weighted by Crippen LogP contribution is -2.17. The second-order valence-electron chi connectivity index (χ2n) is 7.34. The zero-order valence-electron chi connectivity index (χ0n) is 17.4. The SMILES string of the molecule is Cc1sc(NC(=O)c2ccccc2)c([C@@H](Nc2ccc(Cl)cc2)c2ccccc2)c1C. The Morgan fingerprint density at radius 1 is 0.871 bits per heavy atom. The summed E-state index contributed by atoms with van der Waals surface area (Å²) < 4.78 is 0. The molecule has 0 spiro atoms. The molecule has 0 aliphatic carbocycles. The molecule has 4 aromatic rings. The summed E-state index contributed by atoms with van der Waals surface area (Å²) in [6.07, 6.45) is 0. The van der Waals surface area contributed by atoms with E-state index in [0.29, 0.717) is 10.6 Å². The van der Waals surface area contributed by atoms with E-state index in [1.54, 1.807) is 11.3 Å². The Hall–Kier alpha value is -3.08. The summed E-state index contributed by atoms with van der Waals surface area (Å²) in [6, 6.07) is 27.1. The van der Waals surface area contributed by atoms with Gasteiger partial charge in [0.15, 0.2) is 0 Å². The van der Waals surface area contributed by atoms with Crippen LogP contribution in [-0.2, 0) is 0 Å². The second-order valence-corrected chi connectivity index (χ2v) is 9.00. The van der Waals surface area contributed by atoms with E-state index in [9.17, 15) is 4.79 Å². The van der Waals surface area contributed by atoms with Crippen molar-refractivity contribution in [1.82, 2.24) is 0 Å². The molecule has 156 valence electrons. The van der Waals surface area contributed by atoms with Crippen LogP contribution < -0.4 is 10.6 Å². The van der Waals surface area contributed by atoms with Crippen molar-refractivity contribution in [2.45, 2.75) is 19.9 Å². The van der Waals surface area contributed by atoms with Crippen molar-refractivity contribution in [2.75, 3.05) is 10.6 Å². The van der Waals surface area contributed by atoms with Crippen molar-refractivity contribution < 1.29 is 4.79 Å². The topological polar surface area (TPSA) is 41.1 Å². The van der Waals surface area contributed by atoms with E-state index in [-0.39, 0.29) is 11.9 Å². The fourth-order valence-corrected chi connectivity index (χ4v) is 4.75. The maximum Gasteiger partial charge on any atom is 0.256 e. The average Bonchev–Trinajstić information content (AvgIpc) is 3.07. The highest BCUT2D eigenvalue weighted by molar-refractivity contribution is 7.16. The van der Waals surface area contributed by atoms with Gasteiger partial charge in [-0.2, -0.15) is 0 Å². The average molecular weight is 447 g/mol. The van der Waals surface area contributed by atoms with Crippen molar-refractivity contribution in [3.05, 3.63) is 117 Å². The smallest absolute Gasteiger partial charge is 0.256 e. The van der Waals surface area contributed by atoms with Gasteiger partial charge in [0.2, 0.25) is 0 Å². The van der Waals surface area contributed by atoms with Crippen LogP contribution in [0.4, 0.5) is 10.7 Å². The molecule has 0 radical (unpaired) electrons. The molecule has 0 unspecified atom stereocenters. The van der Waals surface area contributed by atoms with Crippen LogP contribution in [0.25, 0.3) is 0 Å². The molecule has 0 fully saturated rings. The number of benzene rings is 3. The number of rotatable bonds is 6. The molecule has 0 aliphatic rings. The van der Waals surface area contributed by atoms with Gasteiger partial charge >= 0.3 is 0 Å². The van der Waals surface area contributed by atoms with E-state index >= 15 is 0 Å². The zero-order chi connectivity index (χ0) is 21.8. The summed E-state index contributed by atoms with van der Waals surface area (Å²) in [7, 11) is 0. The Kier molecular flexibility index (Phi) is 6.40. The normalized spacial score (nSPS) is 11.7. The van der Waals surface area contributed by atoms with Crippen molar-refractivity contribution in [1.29, 1.82) is 0 Å². The van der Waals surface area contributed by atoms with Crippen LogP contribution >= 0.6 is 22.9 Å². The number of thiophene rings is 1. The quantitative estimate of drug-likeness (QED) is 0.322. The highest BCUT2D eigenvalue weighted by Crippen LogP contribution is 2.41. The minimum absolute atomic E-state index is 0.110. The van der Waals surface area contributed by atoms with Crippen molar-refractivity contribution in [2.24, 2.45) is 0 Å². The molecule has 0 aliphatic heterocycles. The molecule has 1 aromatic heterocycles. The molecule has 4 rings (SSSR count). The van der Waals surface area contributed by atoms with Gasteiger partial charge in [-0.25, -0.2) is 0 Å². The van der Waals surface area contributed by atoms with Gasteiger partial charge in [-0.05, 0) is 61.4 Å². The largest absolute Gasteiger partial charge is 0.374 e. The van der Waals surface area contributed by atoms with E-state index in [1.807, 2.05) is 72.8 Å². The van der Waals surface area contributed by atoms with Gasteiger partial charge < -0.3 is 10.6 Å². The summed E-state index contributed by atoms with van der Waals surface area (Å²) in [5.41, 5.74) is 4.96. The predicted molar refractivity (Wildman–Crippen MR) is 132 cm³/mol. The minimum Gasteiger partial charge on any atom is -0.374 e. The number of anilines is 2. The molecular formula is C26H23ClN2OS. The Labute approximate surface area is 191 Å². The summed E-state index contributed by atoms with van der Waals surface area (Å²) in [5.74, 6) is -0.110. The molecule has 3 nitrogen and oxygen atoms in total. The van der Waals surface area contributed by atoms with Crippen LogP contribution in [0.1, 0.15) is 38.0 Å². The van der Waals surface area contributed by atoms with Crippen molar-refractivity contribution >= 4 is 39.5 Å². The van der Waals surface area contributed by atoms with Crippen molar-refractivity contribution in [3.8, 4) is 0 Å². The Morgan fingerprint density at radius 2 is 1.48 bits per heavy atom. The monoisotopic (exact) mass is 446 g/mol. The summed E-state index contributed by atoms with van der Waals surface area (Å²) in [5, 5.41) is 8.35. The molecule has 5 heteroatoms. The number of aryl methyl sites for hydroxylation is 1. The number of nitrogens with one attached hydrogen (secondary N) is 2. The van der Waals surface area contributed by atoms with Gasteiger partial charge in [0.1, 0.15) is 5.00 Å². The molecule has 0 saturated carbocycles. The summed E-state index contributed by atoms with van der Waals surface area (Å²) in [6.45, 7) is 4.20. The van der Waals surface area contributed by atoms with Crippen LogP contribution in [0.3, 0.4) is 0 Å². The summed E-state index contributed by atoms with van der Waals surface area (Å²) in [4.78, 5) is 14.1. The number of carbonyl (C=O) groups excluding carboxylic acids is 1. The van der Waals surface area contributed by atoms with Crippen LogP contribution in [0.15, 0.2) is 84.9 Å². The second kappa shape index (κ2) is 9.38. The van der Waals surface area contributed by atoms with Crippen LogP contribution in [0.5, 0.6) is 0 Å². The molecular weight excluding hydrogens is 424 g/mol. The number of amides is 1. The third kappa shape index (κ3) is 4.82. The number of halogens is 1. The van der Waals surface area contributed by atoms with E-state index in [0.717, 1.165) is 21.8 Å². The lowest BCUT2D eigenvalue weighted by molar-refractivity contribution is 0.102. The Bertz CT molecular complexity index is 1170. The lowest BCUT2D eigenvalue weighted by Gasteiger charge is -2.23. The van der Waals surface area contributed by atoms with Gasteiger partial charge in [0, 0.05) is 26.7 Å². The molecule has 3 aromatic carbocycles. The maximum absolute atomic E-state index is 12.9. The van der Waals surface area contributed by atoms with E-state index in [2.05, 4.69) is 36.6 Å². The van der Waals surface area contributed by atoms with E-state index < -0.39 is 0 Å². The number of carbonyl (C=O) groups is 1. The highest BCUT2D eigenvalue weighted by atomic mass is 35.5. The van der Waals surface area contributed by atoms with Crippen LogP contribution in [0, 0.1) is 13.8 Å². The predicted octanol–water partition coefficient (Wildman–Crippen LogP) is 7.47. The molecule has 31 heavy (non-hydrogen) atoms. The molecule has 1 heterocycles. The molecule has 0 bridgehead atoms. The first-order valence-corrected chi connectivity index (χ1v) is 11.3. The molecule has 1 atom stereocenters. The number of hydrogen-bond donors (Lipinski definition) is 2. The Balaban J connectivity index is 1.75. The van der Waals surface area contributed by atoms with Gasteiger partial charge in [0.05, 0.1) is 6.04 Å². The third-order valence-corrected chi connectivity index (χ3v) is 6.66. The van der Waals surface area contributed by atoms with Gasteiger partial charge in [-0.15, -0.1) is 11.3 Å². The van der Waals surface area contributed by atoms with Gasteiger partial charge in [-0.3, -0.25) is 4.79 Å². The third-order valence-electron chi connectivity index (χ3n) is 5.27. The molecule has 1 amide bonds. The van der Waals surface area contributed by atoms with Gasteiger partial charge in [-0.1, -0.05) is 60.1 Å². The lowest BCUT2D eigenvalue weighted by atomic mass is 9.96. The maximum atomic E-state index is 12.9. The minimum atomic E-state index is -0.126. The molecule has 0 saturated heterocycles.